The zero-order chi connectivity index (χ0) is 20.4. The minimum absolute atomic E-state index is 0.230. The Morgan fingerprint density at radius 3 is 2.63 bits per heavy atom. The number of hydrogen-bond donors (Lipinski definition) is 1. The van der Waals surface area contributed by atoms with E-state index in [1.54, 1.807) is 12.1 Å². The third-order valence-electron chi connectivity index (χ3n) is 5.20. The van der Waals surface area contributed by atoms with E-state index in [0.717, 1.165) is 10.0 Å². The Balaban J connectivity index is 2.00. The van der Waals surface area contributed by atoms with Crippen molar-refractivity contribution in [1.29, 1.82) is 0 Å². The molecule has 0 saturated carbocycles. The summed E-state index contributed by atoms with van der Waals surface area (Å²) in [5.41, 5.74) is 0.492. The van der Waals surface area contributed by atoms with Crippen LogP contribution < -0.4 is 4.74 Å². The van der Waals surface area contributed by atoms with Crippen LogP contribution in [0.5, 0.6) is 5.75 Å². The van der Waals surface area contributed by atoms with E-state index in [1.807, 2.05) is 33.8 Å². The van der Waals surface area contributed by atoms with E-state index in [1.165, 1.54) is 4.90 Å². The maximum Gasteiger partial charge on any atom is 0.407 e. The second-order valence-corrected chi connectivity index (χ2v) is 9.31. The zero-order valence-electron chi connectivity index (χ0n) is 16.3. The van der Waals surface area contributed by atoms with Crippen molar-refractivity contribution >= 4 is 22.0 Å². The molecule has 2 atom stereocenters. The molecule has 2 unspecified atom stereocenters. The van der Waals surface area contributed by atoms with Gasteiger partial charge in [-0.15, -0.1) is 0 Å². The highest BCUT2D eigenvalue weighted by Gasteiger charge is 2.42. The van der Waals surface area contributed by atoms with E-state index in [4.69, 9.17) is 4.74 Å². The summed E-state index contributed by atoms with van der Waals surface area (Å²) < 4.78 is 35.3. The molecule has 0 spiro atoms. The van der Waals surface area contributed by atoms with Gasteiger partial charge in [-0.25, -0.2) is 13.6 Å². The fourth-order valence-corrected chi connectivity index (χ4v) is 4.03. The second kappa shape index (κ2) is 8.33. The van der Waals surface area contributed by atoms with Crippen molar-refractivity contribution in [3.63, 3.8) is 0 Å². The van der Waals surface area contributed by atoms with Gasteiger partial charge in [-0.2, -0.15) is 0 Å². The van der Waals surface area contributed by atoms with Crippen molar-refractivity contribution in [2.24, 2.45) is 11.3 Å². The highest BCUT2D eigenvalue weighted by atomic mass is 79.9. The Morgan fingerprint density at radius 2 is 2.04 bits per heavy atom. The van der Waals surface area contributed by atoms with Gasteiger partial charge in [-0.1, -0.05) is 42.8 Å². The molecule has 1 fully saturated rings. The van der Waals surface area contributed by atoms with Gasteiger partial charge in [0.05, 0.1) is 0 Å². The molecule has 2 rings (SSSR count). The lowest BCUT2D eigenvalue weighted by Gasteiger charge is -2.45. The van der Waals surface area contributed by atoms with Crippen LogP contribution in [0.1, 0.15) is 45.6 Å². The maximum atomic E-state index is 14.5. The summed E-state index contributed by atoms with van der Waals surface area (Å²) >= 11 is 3.37. The lowest BCUT2D eigenvalue weighted by molar-refractivity contribution is -0.0715. The molecular weight excluding hydrogens is 420 g/mol. The van der Waals surface area contributed by atoms with Gasteiger partial charge in [0.25, 0.3) is 5.92 Å². The topological polar surface area (TPSA) is 49.8 Å². The molecule has 152 valence electrons. The number of nitrogens with zero attached hydrogens (tertiary/aromatic N) is 1. The maximum absolute atomic E-state index is 14.5. The van der Waals surface area contributed by atoms with Crippen LogP contribution in [-0.4, -0.2) is 41.2 Å². The first-order valence-corrected chi connectivity index (χ1v) is 9.95. The van der Waals surface area contributed by atoms with Crippen molar-refractivity contribution in [1.82, 2.24) is 4.90 Å². The SMILES string of the molecule is Cc1c(Br)cccc1OCC(F)(F)CC1CCN(C(=O)O)C(C(C)(C)C)C1. The fraction of sp³-hybridized carbons (Fsp3) is 0.650. The number of amides is 1. The molecule has 0 bridgehead atoms. The average molecular weight is 448 g/mol. The minimum Gasteiger partial charge on any atom is -0.487 e. The molecule has 7 heteroatoms. The summed E-state index contributed by atoms with van der Waals surface area (Å²) in [7, 11) is 0. The lowest BCUT2D eigenvalue weighted by atomic mass is 9.75. The molecule has 1 heterocycles. The molecular formula is C20H28BrF2NO3. The third-order valence-corrected chi connectivity index (χ3v) is 6.06. The highest BCUT2D eigenvalue weighted by molar-refractivity contribution is 9.10. The summed E-state index contributed by atoms with van der Waals surface area (Å²) in [6.07, 6.45) is -0.375. The van der Waals surface area contributed by atoms with E-state index in [0.29, 0.717) is 25.1 Å². The molecule has 1 aromatic carbocycles. The number of likely N-dealkylation sites (tertiary alicyclic amines) is 1. The van der Waals surface area contributed by atoms with Gasteiger partial charge in [0.1, 0.15) is 5.75 Å². The molecule has 1 aliphatic heterocycles. The van der Waals surface area contributed by atoms with Gasteiger partial charge < -0.3 is 14.7 Å². The van der Waals surface area contributed by atoms with Crippen molar-refractivity contribution in [3.05, 3.63) is 28.2 Å². The van der Waals surface area contributed by atoms with E-state index in [2.05, 4.69) is 15.9 Å². The zero-order valence-corrected chi connectivity index (χ0v) is 17.9. The van der Waals surface area contributed by atoms with Gasteiger partial charge in [0, 0.05) is 29.0 Å². The number of hydrogen-bond acceptors (Lipinski definition) is 2. The predicted octanol–water partition coefficient (Wildman–Crippen LogP) is 5.97. The van der Waals surface area contributed by atoms with Crippen molar-refractivity contribution in [2.75, 3.05) is 13.2 Å². The monoisotopic (exact) mass is 447 g/mol. The Hall–Kier alpha value is -1.37. The van der Waals surface area contributed by atoms with Crippen LogP contribution in [0.3, 0.4) is 0 Å². The van der Waals surface area contributed by atoms with Gasteiger partial charge >= 0.3 is 6.09 Å². The summed E-state index contributed by atoms with van der Waals surface area (Å²) in [6.45, 7) is 7.29. The molecule has 0 aromatic heterocycles. The minimum atomic E-state index is -2.97. The van der Waals surface area contributed by atoms with Crippen molar-refractivity contribution in [3.8, 4) is 5.75 Å². The molecule has 1 aromatic rings. The molecule has 1 saturated heterocycles. The van der Waals surface area contributed by atoms with Crippen LogP contribution in [0.4, 0.5) is 13.6 Å². The largest absolute Gasteiger partial charge is 0.487 e. The Labute approximate surface area is 168 Å². The standard InChI is InChI=1S/C20H28BrF2NO3/c1-13-15(21)6-5-7-16(13)27-12-20(22,23)11-14-8-9-24(18(25)26)17(10-14)19(2,3)4/h5-7,14,17H,8-12H2,1-4H3,(H,25,26). The van der Waals surface area contributed by atoms with E-state index in [-0.39, 0.29) is 23.8 Å². The number of carboxylic acid groups (broad SMARTS) is 1. The second-order valence-electron chi connectivity index (χ2n) is 8.46. The smallest absolute Gasteiger partial charge is 0.407 e. The number of rotatable bonds is 5. The van der Waals surface area contributed by atoms with Gasteiger partial charge in [-0.05, 0) is 43.2 Å². The molecule has 1 N–H and O–H groups in total. The van der Waals surface area contributed by atoms with Crippen LogP contribution in [0.2, 0.25) is 0 Å². The van der Waals surface area contributed by atoms with E-state index < -0.39 is 18.6 Å². The Kier molecular flexibility index (Phi) is 6.77. The van der Waals surface area contributed by atoms with Gasteiger partial charge in [0.2, 0.25) is 0 Å². The van der Waals surface area contributed by atoms with Crippen LogP contribution >= 0.6 is 15.9 Å². The average Bonchev–Trinajstić information content (AvgIpc) is 2.55. The first-order chi connectivity index (χ1) is 12.4. The quantitative estimate of drug-likeness (QED) is 0.604. The molecule has 27 heavy (non-hydrogen) atoms. The number of ether oxygens (including phenoxy) is 1. The molecule has 0 radical (unpaired) electrons. The van der Waals surface area contributed by atoms with Crippen molar-refractivity contribution < 1.29 is 23.4 Å². The van der Waals surface area contributed by atoms with Crippen LogP contribution in [-0.2, 0) is 0 Å². The summed E-state index contributed by atoms with van der Waals surface area (Å²) in [5.74, 6) is -2.75. The van der Waals surface area contributed by atoms with Gasteiger partial charge in [-0.3, -0.25) is 0 Å². The van der Waals surface area contributed by atoms with E-state index in [9.17, 15) is 18.7 Å². The van der Waals surface area contributed by atoms with Crippen molar-refractivity contribution in [2.45, 2.75) is 58.9 Å². The molecule has 1 aliphatic rings. The molecule has 4 nitrogen and oxygen atoms in total. The van der Waals surface area contributed by atoms with Gasteiger partial charge in [0.15, 0.2) is 6.61 Å². The summed E-state index contributed by atoms with van der Waals surface area (Å²) in [6, 6.07) is 5.00. The highest BCUT2D eigenvalue weighted by Crippen LogP contribution is 2.39. The van der Waals surface area contributed by atoms with Crippen LogP contribution in [0.25, 0.3) is 0 Å². The molecule has 0 aliphatic carbocycles. The number of piperidine rings is 1. The fourth-order valence-electron chi connectivity index (χ4n) is 3.68. The predicted molar refractivity (Wildman–Crippen MR) is 105 cm³/mol. The summed E-state index contributed by atoms with van der Waals surface area (Å²) in [5, 5.41) is 9.40. The van der Waals surface area contributed by atoms with Crippen LogP contribution in [0.15, 0.2) is 22.7 Å². The Morgan fingerprint density at radius 1 is 1.37 bits per heavy atom. The summed E-state index contributed by atoms with van der Waals surface area (Å²) in [4.78, 5) is 12.9. The molecule has 1 amide bonds. The number of halogens is 3. The number of alkyl halides is 2. The first kappa shape index (κ1) is 21.9. The third kappa shape index (κ3) is 5.80. The van der Waals surface area contributed by atoms with E-state index >= 15 is 0 Å². The van der Waals surface area contributed by atoms with Crippen LogP contribution in [0, 0.1) is 18.3 Å². The lowest BCUT2D eigenvalue weighted by Crippen LogP contribution is -2.52. The number of carbonyl (C=O) groups is 1. The normalized spacial score (nSPS) is 21.2. The number of benzene rings is 1. The Bertz CT molecular complexity index is 676. The first-order valence-electron chi connectivity index (χ1n) is 9.16.